The Morgan fingerprint density at radius 3 is 2.58 bits per heavy atom. The Morgan fingerprint density at radius 2 is 2.08 bits per heavy atom. The molecule has 0 unspecified atom stereocenters. The van der Waals surface area contributed by atoms with Crippen LogP contribution in [0.15, 0.2) is 17.0 Å². The lowest BCUT2D eigenvalue weighted by molar-refractivity contribution is 0.103. The van der Waals surface area contributed by atoms with Gasteiger partial charge in [-0.05, 0) is 37.8 Å². The molecule has 140 valence electrons. The highest BCUT2D eigenvalue weighted by atomic mass is 35.5. The van der Waals surface area contributed by atoms with E-state index >= 15 is 0 Å². The molecule has 9 heteroatoms. The fourth-order valence-corrected chi connectivity index (χ4v) is 4.06. The highest BCUT2D eigenvalue weighted by Crippen LogP contribution is 2.37. The van der Waals surface area contributed by atoms with Gasteiger partial charge in [-0.1, -0.05) is 11.6 Å². The van der Waals surface area contributed by atoms with E-state index in [1.54, 1.807) is 6.92 Å². The van der Waals surface area contributed by atoms with Gasteiger partial charge in [0.2, 0.25) is 11.7 Å². The van der Waals surface area contributed by atoms with E-state index in [1.807, 2.05) is 0 Å². The number of carbonyl (C=O) groups excluding carboxylic acids is 1. The molecule has 1 aromatic carbocycles. The SMILES string of the molecule is Cc1nn(C)c(O)c1C(=O)c1ccc(S(C)(=O)=O)c(NCC2CC2)c1Cl. The molecule has 7 nitrogen and oxygen atoms in total. The fourth-order valence-electron chi connectivity index (χ4n) is 2.82. The lowest BCUT2D eigenvalue weighted by Gasteiger charge is -2.15. The quantitative estimate of drug-likeness (QED) is 0.726. The van der Waals surface area contributed by atoms with Crippen molar-refractivity contribution in [1.82, 2.24) is 9.78 Å². The Kier molecular flexibility index (Phi) is 4.74. The molecule has 1 saturated carbocycles. The molecular weight excluding hydrogens is 378 g/mol. The zero-order valence-corrected chi connectivity index (χ0v) is 16.3. The lowest BCUT2D eigenvalue weighted by Crippen LogP contribution is -2.12. The first kappa shape index (κ1) is 18.7. The van der Waals surface area contributed by atoms with Crippen LogP contribution in [0.25, 0.3) is 0 Å². The number of hydrogen-bond acceptors (Lipinski definition) is 6. The Balaban J connectivity index is 2.10. The summed E-state index contributed by atoms with van der Waals surface area (Å²) in [5, 5.41) is 17.2. The van der Waals surface area contributed by atoms with E-state index in [0.717, 1.165) is 19.1 Å². The number of nitrogens with one attached hydrogen (secondary N) is 1. The van der Waals surface area contributed by atoms with Crippen molar-refractivity contribution in [3.8, 4) is 5.88 Å². The molecule has 0 amide bonds. The number of sulfone groups is 1. The van der Waals surface area contributed by atoms with Crippen molar-refractivity contribution in [2.45, 2.75) is 24.7 Å². The van der Waals surface area contributed by atoms with Gasteiger partial charge in [0.1, 0.15) is 5.56 Å². The van der Waals surface area contributed by atoms with Crippen molar-refractivity contribution >= 4 is 32.9 Å². The smallest absolute Gasteiger partial charge is 0.220 e. The molecule has 1 heterocycles. The van der Waals surface area contributed by atoms with Gasteiger partial charge in [-0.3, -0.25) is 4.79 Å². The van der Waals surface area contributed by atoms with Gasteiger partial charge in [0.05, 0.1) is 21.3 Å². The van der Waals surface area contributed by atoms with Crippen LogP contribution >= 0.6 is 11.6 Å². The molecule has 1 aliphatic carbocycles. The summed E-state index contributed by atoms with van der Waals surface area (Å²) >= 11 is 6.42. The van der Waals surface area contributed by atoms with Crippen LogP contribution in [0.1, 0.15) is 34.5 Å². The van der Waals surface area contributed by atoms with Crippen LogP contribution in [0, 0.1) is 12.8 Å². The van der Waals surface area contributed by atoms with E-state index in [-0.39, 0.29) is 32.6 Å². The van der Waals surface area contributed by atoms with Crippen molar-refractivity contribution in [2.24, 2.45) is 13.0 Å². The van der Waals surface area contributed by atoms with Crippen molar-refractivity contribution in [3.63, 3.8) is 0 Å². The number of aromatic hydroxyl groups is 1. The Hall–Kier alpha value is -2.06. The van der Waals surface area contributed by atoms with Crippen LogP contribution in [0.2, 0.25) is 5.02 Å². The lowest BCUT2D eigenvalue weighted by atomic mass is 10.0. The summed E-state index contributed by atoms with van der Waals surface area (Å²) in [5.41, 5.74) is 0.761. The second kappa shape index (κ2) is 6.59. The average molecular weight is 398 g/mol. The monoisotopic (exact) mass is 397 g/mol. The number of benzene rings is 1. The molecule has 2 aromatic rings. The molecule has 3 rings (SSSR count). The second-order valence-corrected chi connectivity index (χ2v) is 9.00. The van der Waals surface area contributed by atoms with Gasteiger partial charge >= 0.3 is 0 Å². The first-order valence-electron chi connectivity index (χ1n) is 8.15. The number of hydrogen-bond donors (Lipinski definition) is 2. The number of nitrogens with zero attached hydrogens (tertiary/aromatic N) is 2. The zero-order valence-electron chi connectivity index (χ0n) is 14.7. The number of rotatable bonds is 6. The minimum absolute atomic E-state index is 0.0289. The maximum absolute atomic E-state index is 12.9. The summed E-state index contributed by atoms with van der Waals surface area (Å²) in [6, 6.07) is 2.74. The summed E-state index contributed by atoms with van der Waals surface area (Å²) in [7, 11) is -2.00. The molecule has 0 saturated heterocycles. The Morgan fingerprint density at radius 1 is 1.42 bits per heavy atom. The molecule has 0 atom stereocenters. The summed E-state index contributed by atoms with van der Waals surface area (Å²) < 4.78 is 25.4. The third-order valence-electron chi connectivity index (χ3n) is 4.43. The average Bonchev–Trinajstić information content (AvgIpc) is 3.32. The van der Waals surface area contributed by atoms with Crippen LogP contribution in [-0.2, 0) is 16.9 Å². The molecule has 26 heavy (non-hydrogen) atoms. The molecule has 2 N–H and O–H groups in total. The second-order valence-electron chi connectivity index (χ2n) is 6.63. The van der Waals surface area contributed by atoms with Crippen LogP contribution in [0.4, 0.5) is 5.69 Å². The van der Waals surface area contributed by atoms with E-state index in [4.69, 9.17) is 11.6 Å². The van der Waals surface area contributed by atoms with Crippen LogP contribution in [-0.4, -0.2) is 41.9 Å². The van der Waals surface area contributed by atoms with Gasteiger partial charge in [0.25, 0.3) is 0 Å². The van der Waals surface area contributed by atoms with E-state index in [9.17, 15) is 18.3 Å². The standard InChI is InChI=1S/C17H20ClN3O4S/c1-9-13(17(23)21(2)20-9)16(22)11-6-7-12(26(3,24)25)15(14(11)18)19-8-10-4-5-10/h6-7,10,19,23H,4-5,8H2,1-3H3. The molecule has 0 spiro atoms. The Labute approximate surface area is 156 Å². The van der Waals surface area contributed by atoms with Crippen molar-refractivity contribution < 1.29 is 18.3 Å². The highest BCUT2D eigenvalue weighted by Gasteiger charge is 2.28. The van der Waals surface area contributed by atoms with Gasteiger partial charge in [0.15, 0.2) is 9.84 Å². The molecular formula is C17H20ClN3O4S. The van der Waals surface area contributed by atoms with Crippen molar-refractivity contribution in [1.29, 1.82) is 0 Å². The molecule has 0 aliphatic heterocycles. The summed E-state index contributed by atoms with van der Waals surface area (Å²) in [4.78, 5) is 13.0. The minimum atomic E-state index is -3.53. The summed E-state index contributed by atoms with van der Waals surface area (Å²) in [6.45, 7) is 2.20. The number of halogens is 1. The highest BCUT2D eigenvalue weighted by molar-refractivity contribution is 7.90. The number of aryl methyl sites for hydroxylation is 2. The predicted octanol–water partition coefficient (Wildman–Crippen LogP) is 2.54. The van der Waals surface area contributed by atoms with Crippen molar-refractivity contribution in [3.05, 3.63) is 34.0 Å². The largest absolute Gasteiger partial charge is 0.493 e. The van der Waals surface area contributed by atoms with E-state index in [2.05, 4.69) is 10.4 Å². The molecule has 1 aromatic heterocycles. The maximum Gasteiger partial charge on any atom is 0.220 e. The fraction of sp³-hybridized carbons (Fsp3) is 0.412. The Bertz CT molecular complexity index is 994. The zero-order chi connectivity index (χ0) is 19.2. The van der Waals surface area contributed by atoms with E-state index in [0.29, 0.717) is 18.2 Å². The van der Waals surface area contributed by atoms with Crippen molar-refractivity contribution in [2.75, 3.05) is 18.1 Å². The minimum Gasteiger partial charge on any atom is -0.493 e. The first-order valence-corrected chi connectivity index (χ1v) is 10.4. The molecule has 1 aliphatic rings. The number of carbonyl (C=O) groups is 1. The number of aromatic nitrogens is 2. The topological polar surface area (TPSA) is 101 Å². The molecule has 0 radical (unpaired) electrons. The van der Waals surface area contributed by atoms with Gasteiger partial charge in [-0.15, -0.1) is 0 Å². The third kappa shape index (κ3) is 3.43. The first-order chi connectivity index (χ1) is 12.1. The van der Waals surface area contributed by atoms with Gasteiger partial charge < -0.3 is 10.4 Å². The molecule has 0 bridgehead atoms. The van der Waals surface area contributed by atoms with Gasteiger partial charge in [-0.25, -0.2) is 13.1 Å². The predicted molar refractivity (Wildman–Crippen MR) is 98.8 cm³/mol. The third-order valence-corrected chi connectivity index (χ3v) is 5.96. The number of ketones is 1. The van der Waals surface area contributed by atoms with Crippen LogP contribution in [0.5, 0.6) is 5.88 Å². The van der Waals surface area contributed by atoms with Crippen LogP contribution in [0.3, 0.4) is 0 Å². The number of anilines is 1. The molecule has 1 fully saturated rings. The van der Waals surface area contributed by atoms with E-state index in [1.165, 1.54) is 23.9 Å². The van der Waals surface area contributed by atoms with Gasteiger partial charge in [0, 0.05) is 25.4 Å². The summed E-state index contributed by atoms with van der Waals surface area (Å²) in [6.07, 6.45) is 3.26. The van der Waals surface area contributed by atoms with E-state index < -0.39 is 15.6 Å². The normalized spacial score (nSPS) is 14.5. The van der Waals surface area contributed by atoms with Gasteiger partial charge in [-0.2, -0.15) is 5.10 Å². The summed E-state index contributed by atoms with van der Waals surface area (Å²) in [5.74, 6) is -0.279. The van der Waals surface area contributed by atoms with Crippen LogP contribution < -0.4 is 5.32 Å². The maximum atomic E-state index is 12.9.